The molecule has 2 aromatic heterocycles. The Hall–Kier alpha value is -3.04. The Balaban J connectivity index is 1.07. The molecule has 1 saturated heterocycles. The number of nitrogens with zero attached hydrogens (tertiary/aromatic N) is 4. The van der Waals surface area contributed by atoms with Gasteiger partial charge in [0.25, 0.3) is 0 Å². The molecule has 2 aliphatic heterocycles. The summed E-state index contributed by atoms with van der Waals surface area (Å²) in [6.07, 6.45) is 8.80. The monoisotopic (exact) mass is 549 g/mol. The molecule has 0 spiro atoms. The number of unbranched alkanes of at least 4 members (excludes halogenated alkanes) is 1. The Kier molecular flexibility index (Phi) is 8.03. The first kappa shape index (κ1) is 27.1. The van der Waals surface area contributed by atoms with Crippen LogP contribution in [0.15, 0.2) is 36.5 Å². The quantitative estimate of drug-likeness (QED) is 0.312. The highest BCUT2D eigenvalue weighted by atomic mass is 19.1. The number of fused-ring (bicyclic) bond motifs is 2. The average molecular weight is 550 g/mol. The Labute approximate surface area is 234 Å². The number of halogens is 1. The largest absolute Gasteiger partial charge is 0.480 e. The van der Waals surface area contributed by atoms with Crippen molar-refractivity contribution >= 4 is 22.7 Å². The van der Waals surface area contributed by atoms with Crippen molar-refractivity contribution in [3.05, 3.63) is 53.3 Å². The Bertz CT molecular complexity index is 1340. The summed E-state index contributed by atoms with van der Waals surface area (Å²) in [5.41, 5.74) is 3.97. The van der Waals surface area contributed by atoms with Gasteiger partial charge in [-0.2, -0.15) is 5.10 Å². The molecular formula is C31H40FN5O3. The van der Waals surface area contributed by atoms with Crippen LogP contribution in [0.25, 0.3) is 10.9 Å². The van der Waals surface area contributed by atoms with Gasteiger partial charge in [-0.05, 0) is 69.5 Å². The van der Waals surface area contributed by atoms with Crippen molar-refractivity contribution in [2.45, 2.75) is 82.1 Å². The molecule has 1 saturated carbocycles. The molecule has 214 valence electrons. The second-order valence-electron chi connectivity index (χ2n) is 11.7. The fourth-order valence-corrected chi connectivity index (χ4v) is 6.78. The van der Waals surface area contributed by atoms with Crippen molar-refractivity contribution in [1.82, 2.24) is 19.7 Å². The minimum absolute atomic E-state index is 0.147. The lowest BCUT2D eigenvalue weighted by molar-refractivity contribution is -0.143. The van der Waals surface area contributed by atoms with Gasteiger partial charge >= 0.3 is 5.97 Å². The lowest BCUT2D eigenvalue weighted by Crippen LogP contribution is -2.35. The van der Waals surface area contributed by atoms with Gasteiger partial charge < -0.3 is 15.2 Å². The number of methoxy groups -OCH3 is 1. The third kappa shape index (κ3) is 5.46. The molecule has 2 fully saturated rings. The van der Waals surface area contributed by atoms with Crippen molar-refractivity contribution in [3.8, 4) is 0 Å². The maximum Gasteiger partial charge on any atom is 0.325 e. The third-order valence-electron chi connectivity index (χ3n) is 9.17. The number of aliphatic carboxylic acids is 1. The molecule has 2 N–H and O–H groups in total. The van der Waals surface area contributed by atoms with Gasteiger partial charge in [0.1, 0.15) is 18.0 Å². The molecule has 1 aliphatic carbocycles. The summed E-state index contributed by atoms with van der Waals surface area (Å²) in [7, 11) is 1.72. The number of aromatic nitrogens is 3. The number of hydrogen-bond donors (Lipinski definition) is 2. The normalized spacial score (nSPS) is 24.3. The zero-order chi connectivity index (χ0) is 27.6. The number of rotatable bonds is 11. The summed E-state index contributed by atoms with van der Waals surface area (Å²) in [5, 5.41) is 19.3. The van der Waals surface area contributed by atoms with Crippen LogP contribution in [0.4, 0.5) is 10.2 Å². The molecule has 40 heavy (non-hydrogen) atoms. The zero-order valence-corrected chi connectivity index (χ0v) is 23.3. The third-order valence-corrected chi connectivity index (χ3v) is 9.17. The molecule has 9 heteroatoms. The zero-order valence-electron chi connectivity index (χ0n) is 23.3. The fourth-order valence-electron chi connectivity index (χ4n) is 6.78. The van der Waals surface area contributed by atoms with Crippen molar-refractivity contribution in [3.63, 3.8) is 0 Å². The van der Waals surface area contributed by atoms with Gasteiger partial charge in [0.15, 0.2) is 0 Å². The number of likely N-dealkylation sites (tertiary alicyclic amines) is 1. The molecule has 3 atom stereocenters. The molecule has 0 radical (unpaired) electrons. The van der Waals surface area contributed by atoms with Crippen LogP contribution in [-0.2, 0) is 22.4 Å². The second-order valence-corrected chi connectivity index (χ2v) is 11.7. The number of anilines is 1. The minimum atomic E-state index is -0.931. The number of alkyl halides is 1. The maximum absolute atomic E-state index is 15.4. The van der Waals surface area contributed by atoms with Crippen molar-refractivity contribution < 1.29 is 19.0 Å². The van der Waals surface area contributed by atoms with Crippen LogP contribution >= 0.6 is 0 Å². The number of carboxylic acid groups (broad SMARTS) is 1. The highest BCUT2D eigenvalue weighted by Crippen LogP contribution is 2.39. The molecule has 0 unspecified atom stereocenters. The molecule has 4 heterocycles. The number of carbonyl (C=O) groups is 1. The van der Waals surface area contributed by atoms with Gasteiger partial charge in [-0.3, -0.25) is 14.4 Å². The van der Waals surface area contributed by atoms with E-state index in [4.69, 9.17) is 9.72 Å². The minimum Gasteiger partial charge on any atom is -0.480 e. The van der Waals surface area contributed by atoms with E-state index >= 15 is 4.39 Å². The number of pyridine rings is 1. The van der Waals surface area contributed by atoms with Crippen LogP contribution in [0, 0.1) is 5.92 Å². The predicted octanol–water partition coefficient (Wildman–Crippen LogP) is 5.34. The van der Waals surface area contributed by atoms with E-state index < -0.39 is 18.2 Å². The lowest BCUT2D eigenvalue weighted by Gasteiger charge is -2.35. The van der Waals surface area contributed by atoms with Crippen LogP contribution < -0.4 is 5.32 Å². The smallest absolute Gasteiger partial charge is 0.325 e. The molecule has 0 amide bonds. The molecule has 3 aromatic rings. The van der Waals surface area contributed by atoms with E-state index in [-0.39, 0.29) is 18.1 Å². The SMILES string of the molecule is COC1CC(n2ncc3cccc([C@H](C(=O)O)N4CC[C@@H]([C@H](F)CCCCc5ccc6c(n5)NCCC6)C4)c32)C1. The Morgan fingerprint density at radius 1 is 1.25 bits per heavy atom. The maximum atomic E-state index is 15.4. The summed E-state index contributed by atoms with van der Waals surface area (Å²) in [6.45, 7) is 2.01. The van der Waals surface area contributed by atoms with E-state index in [1.54, 1.807) is 7.11 Å². The van der Waals surface area contributed by atoms with Gasteiger partial charge in [-0.15, -0.1) is 0 Å². The lowest BCUT2D eigenvalue weighted by atomic mass is 9.89. The van der Waals surface area contributed by atoms with E-state index in [1.165, 1.54) is 5.56 Å². The molecule has 8 nitrogen and oxygen atoms in total. The summed E-state index contributed by atoms with van der Waals surface area (Å²) in [6, 6.07) is 9.43. The number of hydrogen-bond acceptors (Lipinski definition) is 6. The molecule has 1 aromatic carbocycles. The standard InChI is InChI=1S/C31H40FN5O3/c1-40-25-16-24(17-25)37-28-21(18-34-37)6-4-9-26(28)29(31(38)39)36-15-13-22(19-36)27(32)10-3-2-8-23-12-11-20-7-5-14-33-30(20)35-23/h4,6,9,11-12,18,22,24-25,27,29H,2-3,5,7-8,10,13-17,19H2,1H3,(H,33,35)(H,38,39)/t22-,24?,25?,27-,29-/m1/s1. The van der Waals surface area contributed by atoms with E-state index in [9.17, 15) is 9.90 Å². The van der Waals surface area contributed by atoms with Crippen LogP contribution in [0.1, 0.15) is 73.9 Å². The first-order valence-electron chi connectivity index (χ1n) is 14.8. The number of ether oxygens (including phenoxy) is 1. The second kappa shape index (κ2) is 11.8. The number of aryl methyl sites for hydroxylation is 2. The van der Waals surface area contributed by atoms with Crippen molar-refractivity contribution in [1.29, 1.82) is 0 Å². The van der Waals surface area contributed by atoms with Gasteiger partial charge in [-0.25, -0.2) is 9.37 Å². The highest BCUT2D eigenvalue weighted by molar-refractivity contribution is 5.88. The van der Waals surface area contributed by atoms with E-state index in [2.05, 4.69) is 22.5 Å². The van der Waals surface area contributed by atoms with Gasteiger partial charge in [0, 0.05) is 42.8 Å². The summed E-state index contributed by atoms with van der Waals surface area (Å²) in [5.74, 6) is -0.0328. The fraction of sp³-hybridized carbons (Fsp3) is 0.581. The predicted molar refractivity (Wildman–Crippen MR) is 152 cm³/mol. The molecule has 6 rings (SSSR count). The first-order valence-corrected chi connectivity index (χ1v) is 14.8. The average Bonchev–Trinajstić information content (AvgIpc) is 3.59. The summed E-state index contributed by atoms with van der Waals surface area (Å²) < 4.78 is 22.8. The summed E-state index contributed by atoms with van der Waals surface area (Å²) in [4.78, 5) is 19.3. The van der Waals surface area contributed by atoms with E-state index in [0.717, 1.165) is 79.5 Å². The highest BCUT2D eigenvalue weighted by Gasteiger charge is 2.39. The molecule has 3 aliphatic rings. The number of benzene rings is 1. The van der Waals surface area contributed by atoms with Crippen LogP contribution in [0.5, 0.6) is 0 Å². The van der Waals surface area contributed by atoms with Crippen LogP contribution in [0.3, 0.4) is 0 Å². The number of carboxylic acids is 1. The number of nitrogens with one attached hydrogen (secondary N) is 1. The first-order chi connectivity index (χ1) is 19.5. The topological polar surface area (TPSA) is 92.5 Å². The molecule has 0 bridgehead atoms. The van der Waals surface area contributed by atoms with Crippen molar-refractivity contribution in [2.24, 2.45) is 5.92 Å². The van der Waals surface area contributed by atoms with Gasteiger partial charge in [-0.1, -0.05) is 30.7 Å². The van der Waals surface area contributed by atoms with Gasteiger partial charge in [0.05, 0.1) is 23.9 Å². The Morgan fingerprint density at radius 2 is 2.12 bits per heavy atom. The van der Waals surface area contributed by atoms with E-state index in [0.29, 0.717) is 25.9 Å². The van der Waals surface area contributed by atoms with Gasteiger partial charge in [0.2, 0.25) is 0 Å². The van der Waals surface area contributed by atoms with Crippen molar-refractivity contribution in [2.75, 3.05) is 32.1 Å². The Morgan fingerprint density at radius 3 is 2.95 bits per heavy atom. The molecular weight excluding hydrogens is 509 g/mol. The van der Waals surface area contributed by atoms with Crippen LogP contribution in [-0.4, -0.2) is 69.8 Å². The van der Waals surface area contributed by atoms with E-state index in [1.807, 2.05) is 34.0 Å². The van der Waals surface area contributed by atoms with Crippen LogP contribution in [0.2, 0.25) is 0 Å². The number of para-hydroxylation sites is 1. The summed E-state index contributed by atoms with van der Waals surface area (Å²) >= 11 is 0.